The Hall–Kier alpha value is -0.410. The van der Waals surface area contributed by atoms with E-state index in [-0.39, 0.29) is 5.41 Å². The second-order valence-electron chi connectivity index (χ2n) is 10.1. The highest BCUT2D eigenvalue weighted by atomic mass is 16.1. The van der Waals surface area contributed by atoms with E-state index in [2.05, 4.69) is 51.3 Å². The molecule has 24 heavy (non-hydrogen) atoms. The average molecular weight is 337 g/mol. The minimum absolute atomic E-state index is 0.173. The predicted molar refractivity (Wildman–Crippen MR) is 102 cm³/mol. The minimum atomic E-state index is -0.173. The topological polar surface area (TPSA) is 23.6 Å². The molecule has 0 atom stereocenters. The van der Waals surface area contributed by atoms with Crippen molar-refractivity contribution in [1.82, 2.24) is 9.80 Å². The Morgan fingerprint density at radius 2 is 1.42 bits per heavy atom. The van der Waals surface area contributed by atoms with Crippen LogP contribution >= 0.6 is 0 Å². The van der Waals surface area contributed by atoms with Crippen LogP contribution in [0.4, 0.5) is 0 Å². The van der Waals surface area contributed by atoms with E-state index >= 15 is 0 Å². The lowest BCUT2D eigenvalue weighted by atomic mass is 9.79. The summed E-state index contributed by atoms with van der Waals surface area (Å²) in [6.45, 7) is 19.2. The van der Waals surface area contributed by atoms with Crippen LogP contribution in [-0.4, -0.2) is 53.8 Å². The molecule has 2 fully saturated rings. The highest BCUT2D eigenvalue weighted by molar-refractivity contribution is 5.86. The molecular weight excluding hydrogens is 296 g/mol. The molecule has 0 aromatic heterocycles. The number of carbonyl (C=O) groups excluding carboxylic acids is 1. The van der Waals surface area contributed by atoms with Crippen molar-refractivity contribution < 1.29 is 4.79 Å². The summed E-state index contributed by atoms with van der Waals surface area (Å²) in [5.74, 6) is 1.67. The van der Waals surface area contributed by atoms with E-state index in [0.29, 0.717) is 17.2 Å². The van der Waals surface area contributed by atoms with Crippen molar-refractivity contribution in [3.63, 3.8) is 0 Å². The van der Waals surface area contributed by atoms with Gasteiger partial charge in [0.1, 0.15) is 5.78 Å². The van der Waals surface area contributed by atoms with E-state index in [1.807, 2.05) is 0 Å². The second kappa shape index (κ2) is 7.86. The van der Waals surface area contributed by atoms with Crippen LogP contribution < -0.4 is 0 Å². The molecular formula is C21H40N2O. The van der Waals surface area contributed by atoms with Gasteiger partial charge in [-0.1, -0.05) is 20.8 Å². The molecule has 0 N–H and O–H groups in total. The van der Waals surface area contributed by atoms with Gasteiger partial charge in [-0.15, -0.1) is 0 Å². The van der Waals surface area contributed by atoms with Crippen LogP contribution in [0, 0.1) is 17.3 Å². The van der Waals surface area contributed by atoms with Gasteiger partial charge >= 0.3 is 0 Å². The zero-order valence-corrected chi connectivity index (χ0v) is 17.0. The van der Waals surface area contributed by atoms with Crippen molar-refractivity contribution in [3.05, 3.63) is 0 Å². The number of hydrogen-bond donors (Lipinski definition) is 0. The van der Waals surface area contributed by atoms with Crippen LogP contribution in [0.3, 0.4) is 0 Å². The van der Waals surface area contributed by atoms with E-state index in [9.17, 15) is 4.79 Å². The van der Waals surface area contributed by atoms with E-state index in [1.165, 1.54) is 38.9 Å². The van der Waals surface area contributed by atoms with Gasteiger partial charge in [-0.2, -0.15) is 0 Å². The first-order valence-electron chi connectivity index (χ1n) is 10.1. The van der Waals surface area contributed by atoms with Gasteiger partial charge < -0.3 is 4.90 Å². The monoisotopic (exact) mass is 336 g/mol. The fraction of sp³-hybridized carbons (Fsp3) is 0.952. The molecule has 2 aliphatic heterocycles. The molecule has 0 aromatic rings. The highest BCUT2D eigenvalue weighted by Gasteiger charge is 2.32. The van der Waals surface area contributed by atoms with Crippen molar-refractivity contribution in [2.45, 2.75) is 79.2 Å². The largest absolute Gasteiger partial charge is 0.303 e. The Balaban J connectivity index is 1.66. The number of piperidine rings is 2. The van der Waals surface area contributed by atoms with E-state index in [4.69, 9.17) is 0 Å². The Morgan fingerprint density at radius 1 is 0.875 bits per heavy atom. The van der Waals surface area contributed by atoms with Crippen LogP contribution in [0.15, 0.2) is 0 Å². The first-order chi connectivity index (χ1) is 11.1. The molecule has 0 aliphatic carbocycles. The lowest BCUT2D eigenvalue weighted by Gasteiger charge is -2.41. The van der Waals surface area contributed by atoms with Gasteiger partial charge in [0, 0.05) is 16.9 Å². The first-order valence-corrected chi connectivity index (χ1v) is 10.1. The maximum Gasteiger partial charge on any atom is 0.141 e. The quantitative estimate of drug-likeness (QED) is 0.768. The third-order valence-corrected chi connectivity index (χ3v) is 6.11. The second-order valence-corrected chi connectivity index (χ2v) is 10.1. The molecule has 0 unspecified atom stereocenters. The molecule has 0 radical (unpaired) electrons. The van der Waals surface area contributed by atoms with Gasteiger partial charge in [-0.3, -0.25) is 9.69 Å². The van der Waals surface area contributed by atoms with E-state index in [0.717, 1.165) is 31.8 Å². The van der Waals surface area contributed by atoms with E-state index in [1.54, 1.807) is 0 Å². The van der Waals surface area contributed by atoms with Crippen LogP contribution in [0.2, 0.25) is 0 Å². The van der Waals surface area contributed by atoms with Gasteiger partial charge in [0.25, 0.3) is 0 Å². The van der Waals surface area contributed by atoms with Crippen LogP contribution in [0.25, 0.3) is 0 Å². The molecule has 0 amide bonds. The molecule has 3 nitrogen and oxygen atoms in total. The maximum atomic E-state index is 12.4. The number of Topliss-reactive ketones (excluding diaryl/α,β-unsaturated/α-hetero) is 1. The summed E-state index contributed by atoms with van der Waals surface area (Å²) in [6.07, 6.45) is 6.19. The minimum Gasteiger partial charge on any atom is -0.303 e. The number of carbonyl (C=O) groups is 1. The molecule has 0 spiro atoms. The number of ketones is 1. The molecule has 140 valence electrons. The predicted octanol–water partition coefficient (Wildman–Crippen LogP) is 4.21. The molecule has 2 rings (SSSR count). The third-order valence-electron chi connectivity index (χ3n) is 6.11. The zero-order chi connectivity index (χ0) is 18.0. The molecule has 2 saturated heterocycles. The van der Waals surface area contributed by atoms with Crippen molar-refractivity contribution in [2.75, 3.05) is 32.7 Å². The Morgan fingerprint density at radius 3 is 1.88 bits per heavy atom. The fourth-order valence-electron chi connectivity index (χ4n) is 4.29. The van der Waals surface area contributed by atoms with E-state index < -0.39 is 0 Å². The zero-order valence-electron chi connectivity index (χ0n) is 17.0. The number of likely N-dealkylation sites (tertiary alicyclic amines) is 2. The summed E-state index contributed by atoms with van der Waals surface area (Å²) in [6, 6.07) is 0. The van der Waals surface area contributed by atoms with Crippen molar-refractivity contribution >= 4 is 5.78 Å². The number of rotatable bonds is 4. The number of hydrogen-bond acceptors (Lipinski definition) is 3. The average Bonchev–Trinajstić information content (AvgIpc) is 2.51. The summed E-state index contributed by atoms with van der Waals surface area (Å²) < 4.78 is 0. The Labute approximate surface area is 150 Å². The van der Waals surface area contributed by atoms with Gasteiger partial charge in [-0.25, -0.2) is 0 Å². The summed E-state index contributed by atoms with van der Waals surface area (Å²) in [5, 5.41) is 0. The third kappa shape index (κ3) is 5.56. The van der Waals surface area contributed by atoms with Crippen LogP contribution in [0.1, 0.15) is 73.6 Å². The van der Waals surface area contributed by atoms with Gasteiger partial charge in [0.05, 0.1) is 0 Å². The van der Waals surface area contributed by atoms with Gasteiger partial charge in [0.15, 0.2) is 0 Å². The van der Waals surface area contributed by atoms with Crippen LogP contribution in [0.5, 0.6) is 0 Å². The SMILES string of the molecule is CC(C)(C)C(=O)C1CCN(CCC2CCN(C(C)(C)C)CC2)CC1. The number of nitrogens with zero attached hydrogens (tertiary/aromatic N) is 2. The highest BCUT2D eigenvalue weighted by Crippen LogP contribution is 2.29. The van der Waals surface area contributed by atoms with Gasteiger partial charge in [0.2, 0.25) is 0 Å². The van der Waals surface area contributed by atoms with Crippen LogP contribution in [-0.2, 0) is 4.79 Å². The lowest BCUT2D eigenvalue weighted by Crippen LogP contribution is -2.46. The molecule has 0 aromatic carbocycles. The molecule has 3 heteroatoms. The molecule has 0 bridgehead atoms. The fourth-order valence-corrected chi connectivity index (χ4v) is 4.29. The Bertz CT molecular complexity index is 403. The first kappa shape index (κ1) is 19.9. The normalized spacial score (nSPS) is 23.6. The summed E-state index contributed by atoms with van der Waals surface area (Å²) in [7, 11) is 0. The summed E-state index contributed by atoms with van der Waals surface area (Å²) in [4.78, 5) is 17.7. The molecule has 0 saturated carbocycles. The van der Waals surface area contributed by atoms with Crippen molar-refractivity contribution in [2.24, 2.45) is 17.3 Å². The Kier molecular flexibility index (Phi) is 6.52. The van der Waals surface area contributed by atoms with Gasteiger partial charge in [-0.05, 0) is 91.5 Å². The maximum absolute atomic E-state index is 12.4. The summed E-state index contributed by atoms with van der Waals surface area (Å²) >= 11 is 0. The van der Waals surface area contributed by atoms with Crippen molar-refractivity contribution in [1.29, 1.82) is 0 Å². The summed E-state index contributed by atoms with van der Waals surface area (Å²) in [5.41, 5.74) is 0.153. The standard InChI is InChI=1S/C21H40N2O/c1-20(2,3)19(24)18-10-13-22(14-11-18)12-7-17-8-15-23(16-9-17)21(4,5)6/h17-18H,7-16H2,1-6H3. The molecule has 2 aliphatic rings. The lowest BCUT2D eigenvalue weighted by molar-refractivity contribution is -0.131. The molecule has 2 heterocycles. The smallest absolute Gasteiger partial charge is 0.141 e. The van der Waals surface area contributed by atoms with Crippen molar-refractivity contribution in [3.8, 4) is 0 Å².